The lowest BCUT2D eigenvalue weighted by atomic mass is 10.1. The Morgan fingerprint density at radius 2 is 1.52 bits per heavy atom. The second-order valence-electron chi connectivity index (χ2n) is 6.85. The molecule has 2 amide bonds. The Bertz CT molecular complexity index is 990. The van der Waals surface area contributed by atoms with Crippen molar-refractivity contribution in [3.8, 4) is 17.0 Å². The molecular weight excluding hydrogens is 368 g/mol. The maximum absolute atomic E-state index is 12.8. The van der Waals surface area contributed by atoms with Crippen molar-refractivity contribution >= 4 is 11.8 Å². The van der Waals surface area contributed by atoms with E-state index in [0.717, 1.165) is 11.3 Å². The maximum Gasteiger partial charge on any atom is 0.272 e. The largest absolute Gasteiger partial charge is 0.497 e. The molecule has 0 atom stereocenters. The van der Waals surface area contributed by atoms with E-state index < -0.39 is 0 Å². The van der Waals surface area contributed by atoms with Crippen molar-refractivity contribution in [1.29, 1.82) is 0 Å². The Labute approximate surface area is 168 Å². The van der Waals surface area contributed by atoms with Crippen LogP contribution in [0.5, 0.6) is 5.75 Å². The molecule has 0 aliphatic carbocycles. The quantitative estimate of drug-likeness (QED) is 0.743. The highest BCUT2D eigenvalue weighted by Gasteiger charge is 2.26. The molecule has 0 saturated carbocycles. The monoisotopic (exact) mass is 390 g/mol. The van der Waals surface area contributed by atoms with Crippen molar-refractivity contribution in [1.82, 2.24) is 20.0 Å². The molecule has 2 aromatic carbocycles. The van der Waals surface area contributed by atoms with Gasteiger partial charge < -0.3 is 14.5 Å². The Morgan fingerprint density at radius 1 is 0.897 bits per heavy atom. The van der Waals surface area contributed by atoms with Gasteiger partial charge in [-0.1, -0.05) is 30.3 Å². The molecule has 0 bridgehead atoms. The Hall–Kier alpha value is -3.61. The number of benzene rings is 2. The summed E-state index contributed by atoms with van der Waals surface area (Å²) in [6.07, 6.45) is 0. The Morgan fingerprint density at radius 3 is 2.14 bits per heavy atom. The first-order valence-electron chi connectivity index (χ1n) is 9.49. The Kier molecular flexibility index (Phi) is 5.29. The van der Waals surface area contributed by atoms with Crippen LogP contribution in [0.1, 0.15) is 20.8 Å². The van der Waals surface area contributed by atoms with Crippen molar-refractivity contribution < 1.29 is 14.3 Å². The first-order valence-corrected chi connectivity index (χ1v) is 9.49. The molecule has 1 aromatic heterocycles. The van der Waals surface area contributed by atoms with Gasteiger partial charge in [0, 0.05) is 37.3 Å². The molecule has 1 N–H and O–H groups in total. The minimum Gasteiger partial charge on any atom is -0.497 e. The summed E-state index contributed by atoms with van der Waals surface area (Å²) in [5.74, 6) is 0.579. The van der Waals surface area contributed by atoms with Crippen molar-refractivity contribution in [2.75, 3.05) is 33.3 Å². The number of aromatic nitrogens is 2. The number of H-pyrrole nitrogens is 1. The van der Waals surface area contributed by atoms with Gasteiger partial charge in [-0.25, -0.2) is 0 Å². The predicted molar refractivity (Wildman–Crippen MR) is 109 cm³/mol. The number of methoxy groups -OCH3 is 1. The lowest BCUT2D eigenvalue weighted by Crippen LogP contribution is -2.50. The molecule has 0 radical (unpaired) electrons. The minimum absolute atomic E-state index is 0.0346. The van der Waals surface area contributed by atoms with Crippen molar-refractivity contribution in [3.63, 3.8) is 0 Å². The summed E-state index contributed by atoms with van der Waals surface area (Å²) in [5, 5.41) is 7.09. The van der Waals surface area contributed by atoms with E-state index in [4.69, 9.17) is 4.74 Å². The first-order chi connectivity index (χ1) is 14.2. The number of hydrogen-bond acceptors (Lipinski definition) is 4. The van der Waals surface area contributed by atoms with Crippen molar-refractivity contribution in [2.24, 2.45) is 0 Å². The fourth-order valence-corrected chi connectivity index (χ4v) is 3.39. The molecule has 4 rings (SSSR count). The minimum atomic E-state index is -0.101. The first kappa shape index (κ1) is 18.7. The normalized spacial score (nSPS) is 14.0. The average molecular weight is 390 g/mol. The van der Waals surface area contributed by atoms with Crippen LogP contribution in [0.15, 0.2) is 60.7 Å². The molecule has 0 unspecified atom stereocenters. The fourth-order valence-electron chi connectivity index (χ4n) is 3.39. The number of nitrogens with zero attached hydrogens (tertiary/aromatic N) is 3. The lowest BCUT2D eigenvalue weighted by molar-refractivity contribution is 0.0532. The van der Waals surface area contributed by atoms with Crippen LogP contribution in [0.4, 0.5) is 0 Å². The van der Waals surface area contributed by atoms with Gasteiger partial charge in [0.05, 0.1) is 12.8 Å². The van der Waals surface area contributed by atoms with E-state index in [9.17, 15) is 9.59 Å². The molecule has 29 heavy (non-hydrogen) atoms. The molecule has 148 valence electrons. The molecule has 2 heterocycles. The standard InChI is InChI=1S/C22H22N4O3/c1-29-18-9-7-17(8-10-18)21(27)25-11-13-26(14-12-25)22(28)20-15-19(23-24-20)16-5-3-2-4-6-16/h2-10,15H,11-14H2,1H3,(H,23,24). The van der Waals surface area contributed by atoms with Crippen LogP contribution in [0.3, 0.4) is 0 Å². The smallest absolute Gasteiger partial charge is 0.272 e. The zero-order chi connectivity index (χ0) is 20.2. The fraction of sp³-hybridized carbons (Fsp3) is 0.227. The molecule has 3 aromatic rings. The third kappa shape index (κ3) is 3.99. The zero-order valence-corrected chi connectivity index (χ0v) is 16.2. The molecule has 1 saturated heterocycles. The van der Waals surface area contributed by atoms with Gasteiger partial charge >= 0.3 is 0 Å². The van der Waals surface area contributed by atoms with E-state index >= 15 is 0 Å². The summed E-state index contributed by atoms with van der Waals surface area (Å²) >= 11 is 0. The van der Waals surface area contributed by atoms with E-state index in [1.54, 1.807) is 47.2 Å². The van der Waals surface area contributed by atoms with Crippen molar-refractivity contribution in [2.45, 2.75) is 0 Å². The summed E-state index contributed by atoms with van der Waals surface area (Å²) in [7, 11) is 1.59. The molecule has 0 spiro atoms. The highest BCUT2D eigenvalue weighted by molar-refractivity contribution is 5.95. The maximum atomic E-state index is 12.8. The highest BCUT2D eigenvalue weighted by atomic mass is 16.5. The zero-order valence-electron chi connectivity index (χ0n) is 16.2. The van der Waals surface area contributed by atoms with Crippen molar-refractivity contribution in [3.05, 3.63) is 71.9 Å². The number of amides is 2. The van der Waals surface area contributed by atoms with E-state index in [2.05, 4.69) is 10.2 Å². The number of carbonyl (C=O) groups is 2. The SMILES string of the molecule is COc1ccc(C(=O)N2CCN(C(=O)c3cc(-c4ccccc4)n[nH]3)CC2)cc1. The highest BCUT2D eigenvalue weighted by Crippen LogP contribution is 2.19. The number of aromatic amines is 1. The second kappa shape index (κ2) is 8.18. The molecule has 7 heteroatoms. The van der Waals surface area contributed by atoms with Gasteiger partial charge in [-0.05, 0) is 30.3 Å². The number of rotatable bonds is 4. The van der Waals surface area contributed by atoms with Crippen LogP contribution >= 0.6 is 0 Å². The predicted octanol–water partition coefficient (Wildman–Crippen LogP) is 2.68. The van der Waals surface area contributed by atoms with Gasteiger partial charge in [-0.2, -0.15) is 5.10 Å². The number of piperazine rings is 1. The van der Waals surface area contributed by atoms with Gasteiger partial charge in [0.25, 0.3) is 11.8 Å². The van der Waals surface area contributed by atoms with Crippen LogP contribution < -0.4 is 4.74 Å². The summed E-state index contributed by atoms with van der Waals surface area (Å²) in [6.45, 7) is 1.97. The van der Waals surface area contributed by atoms with Gasteiger partial charge in [0.15, 0.2) is 0 Å². The van der Waals surface area contributed by atoms with E-state index in [-0.39, 0.29) is 11.8 Å². The van der Waals surface area contributed by atoms with Gasteiger partial charge in [0.2, 0.25) is 0 Å². The summed E-state index contributed by atoms with van der Waals surface area (Å²) in [5.41, 5.74) is 2.77. The van der Waals surface area contributed by atoms with Crippen LogP contribution in [0.25, 0.3) is 11.3 Å². The molecular formula is C22H22N4O3. The topological polar surface area (TPSA) is 78.5 Å². The third-order valence-corrected chi connectivity index (χ3v) is 5.07. The number of hydrogen-bond donors (Lipinski definition) is 1. The molecule has 1 aliphatic heterocycles. The van der Waals surface area contributed by atoms with Crippen LogP contribution in [0, 0.1) is 0 Å². The average Bonchev–Trinajstić information content (AvgIpc) is 3.29. The summed E-state index contributed by atoms with van der Waals surface area (Å²) in [4.78, 5) is 29.0. The lowest BCUT2D eigenvalue weighted by Gasteiger charge is -2.34. The van der Waals surface area contributed by atoms with Gasteiger partial charge in [-0.3, -0.25) is 14.7 Å². The van der Waals surface area contributed by atoms with Gasteiger partial charge in [-0.15, -0.1) is 0 Å². The summed E-state index contributed by atoms with van der Waals surface area (Å²) in [6, 6.07) is 18.5. The second-order valence-corrected chi connectivity index (χ2v) is 6.85. The number of nitrogens with one attached hydrogen (secondary N) is 1. The van der Waals surface area contributed by atoms with E-state index in [1.807, 2.05) is 30.3 Å². The van der Waals surface area contributed by atoms with Crippen LogP contribution in [0.2, 0.25) is 0 Å². The number of ether oxygens (including phenoxy) is 1. The summed E-state index contributed by atoms with van der Waals surface area (Å²) < 4.78 is 5.13. The molecule has 7 nitrogen and oxygen atoms in total. The molecule has 1 aliphatic rings. The number of carbonyl (C=O) groups excluding carboxylic acids is 2. The Balaban J connectivity index is 1.37. The van der Waals surface area contributed by atoms with Crippen LogP contribution in [-0.2, 0) is 0 Å². The molecule has 1 fully saturated rings. The third-order valence-electron chi connectivity index (χ3n) is 5.07. The van der Waals surface area contributed by atoms with E-state index in [0.29, 0.717) is 43.2 Å². The van der Waals surface area contributed by atoms with Gasteiger partial charge in [0.1, 0.15) is 11.4 Å². The van der Waals surface area contributed by atoms with Crippen LogP contribution in [-0.4, -0.2) is 65.1 Å². The van der Waals surface area contributed by atoms with E-state index in [1.165, 1.54) is 0 Å².